The Hall–Kier alpha value is 0.779. The number of rotatable bonds is 0. The Morgan fingerprint density at radius 3 is 1.57 bits per heavy atom. The van der Waals surface area contributed by atoms with Crippen molar-refractivity contribution in [1.29, 1.82) is 0 Å². The molecule has 0 heterocycles. The summed E-state index contributed by atoms with van der Waals surface area (Å²) in [6.45, 7) is 0. The molecule has 38 valence electrons. The van der Waals surface area contributed by atoms with Crippen molar-refractivity contribution in [2.75, 3.05) is 0 Å². The van der Waals surface area contributed by atoms with E-state index in [-0.39, 0.29) is 0 Å². The summed E-state index contributed by atoms with van der Waals surface area (Å²) in [6.07, 6.45) is 3.87. The standard InChI is InChI=1S/C5H6Se2/c6-4-2-1-3-5(4)7/h1-3H2. The minimum atomic E-state index is 1.27. The quantitative estimate of drug-likeness (QED) is 0.532. The van der Waals surface area contributed by atoms with E-state index in [2.05, 4.69) is 32.0 Å². The fraction of sp³-hybridized carbons (Fsp3) is 0.600. The van der Waals surface area contributed by atoms with Gasteiger partial charge in [0.25, 0.3) is 0 Å². The van der Waals surface area contributed by atoms with Crippen molar-refractivity contribution in [1.82, 2.24) is 0 Å². The van der Waals surface area contributed by atoms with Gasteiger partial charge in [0, 0.05) is 0 Å². The fourth-order valence-corrected chi connectivity index (χ4v) is 1.72. The maximum atomic E-state index is 3.04. The van der Waals surface area contributed by atoms with E-state index < -0.39 is 0 Å². The van der Waals surface area contributed by atoms with Gasteiger partial charge >= 0.3 is 60.2 Å². The Bertz CT molecular complexity index is 92.6. The molecule has 0 unspecified atom stereocenters. The van der Waals surface area contributed by atoms with Gasteiger partial charge in [-0.05, 0) is 0 Å². The van der Waals surface area contributed by atoms with Crippen molar-refractivity contribution in [3.63, 3.8) is 0 Å². The number of allylic oxidation sites excluding steroid dienone is 2. The third-order valence-electron chi connectivity index (χ3n) is 1.12. The molecule has 0 aliphatic heterocycles. The number of hydrogen-bond donors (Lipinski definition) is 0. The van der Waals surface area contributed by atoms with E-state index in [1.165, 1.54) is 28.2 Å². The molecule has 0 aromatic rings. The summed E-state index contributed by atoms with van der Waals surface area (Å²) in [5, 5.41) is 0. The zero-order valence-electron chi connectivity index (χ0n) is 3.94. The third kappa shape index (κ3) is 1.33. The van der Waals surface area contributed by atoms with Gasteiger partial charge in [0.2, 0.25) is 0 Å². The van der Waals surface area contributed by atoms with E-state index in [4.69, 9.17) is 0 Å². The maximum absolute atomic E-state index is 3.04. The molecule has 0 aromatic carbocycles. The van der Waals surface area contributed by atoms with Gasteiger partial charge in [-0.25, -0.2) is 0 Å². The van der Waals surface area contributed by atoms with E-state index >= 15 is 0 Å². The van der Waals surface area contributed by atoms with Crippen LogP contribution in [0.1, 0.15) is 19.3 Å². The molecule has 0 saturated heterocycles. The second-order valence-corrected chi connectivity index (χ2v) is 3.77. The van der Waals surface area contributed by atoms with Crippen molar-refractivity contribution in [2.24, 2.45) is 0 Å². The fourth-order valence-electron chi connectivity index (χ4n) is 0.688. The second-order valence-electron chi connectivity index (χ2n) is 1.70. The molecule has 1 aliphatic rings. The monoisotopic (exact) mass is 226 g/mol. The Balaban J connectivity index is 2.64. The summed E-state index contributed by atoms with van der Waals surface area (Å²) in [5.74, 6) is 0. The molecule has 0 amide bonds. The van der Waals surface area contributed by atoms with E-state index in [0.717, 1.165) is 0 Å². The molecule has 7 heavy (non-hydrogen) atoms. The summed E-state index contributed by atoms with van der Waals surface area (Å²) in [5.41, 5.74) is 0. The van der Waals surface area contributed by atoms with Crippen LogP contribution in [0.4, 0.5) is 0 Å². The van der Waals surface area contributed by atoms with Crippen molar-refractivity contribution in [2.45, 2.75) is 19.3 Å². The van der Waals surface area contributed by atoms with Gasteiger partial charge in [-0.15, -0.1) is 0 Å². The minimum absolute atomic E-state index is 1.27. The first-order valence-electron chi connectivity index (χ1n) is 2.37. The van der Waals surface area contributed by atoms with Crippen LogP contribution < -0.4 is 0 Å². The van der Waals surface area contributed by atoms with Crippen molar-refractivity contribution >= 4 is 32.0 Å². The van der Waals surface area contributed by atoms with Gasteiger partial charge in [0.1, 0.15) is 0 Å². The van der Waals surface area contributed by atoms with Crippen molar-refractivity contribution in [3.05, 3.63) is 8.94 Å². The zero-order valence-corrected chi connectivity index (χ0v) is 7.36. The van der Waals surface area contributed by atoms with Gasteiger partial charge in [0.05, 0.1) is 0 Å². The number of hydrogen-bond acceptors (Lipinski definition) is 0. The summed E-state index contributed by atoms with van der Waals surface area (Å²) in [4.78, 5) is 0. The second kappa shape index (κ2) is 2.37. The molecule has 0 bridgehead atoms. The van der Waals surface area contributed by atoms with Crippen molar-refractivity contribution < 1.29 is 0 Å². The van der Waals surface area contributed by atoms with Crippen molar-refractivity contribution in [3.8, 4) is 0 Å². The average molecular weight is 224 g/mol. The van der Waals surface area contributed by atoms with Crippen LogP contribution in [-0.2, 0) is 0 Å². The normalized spacial score (nSPS) is 21.1. The van der Waals surface area contributed by atoms with Crippen LogP contribution in [-0.4, -0.2) is 32.0 Å². The predicted molar refractivity (Wildman–Crippen MR) is 32.4 cm³/mol. The van der Waals surface area contributed by atoms with Crippen LogP contribution in [0.15, 0.2) is 8.94 Å². The SMILES string of the molecule is [Se]C1=C([Se])CCC1. The Kier molecular flexibility index (Phi) is 2.00. The van der Waals surface area contributed by atoms with Crippen LogP contribution >= 0.6 is 0 Å². The molecule has 0 N–H and O–H groups in total. The molecule has 0 spiro atoms. The first kappa shape index (κ1) is 5.91. The Morgan fingerprint density at radius 2 is 1.43 bits per heavy atom. The van der Waals surface area contributed by atoms with Crippen LogP contribution in [0.3, 0.4) is 0 Å². The van der Waals surface area contributed by atoms with Gasteiger partial charge in [-0.2, -0.15) is 0 Å². The average Bonchev–Trinajstić information content (AvgIpc) is 1.91. The van der Waals surface area contributed by atoms with E-state index in [9.17, 15) is 0 Å². The predicted octanol–water partition coefficient (Wildman–Crippen LogP) is 0.719. The summed E-state index contributed by atoms with van der Waals surface area (Å²) < 4.78 is 2.89. The first-order valence-corrected chi connectivity index (χ1v) is 4.08. The van der Waals surface area contributed by atoms with Crippen LogP contribution in [0.2, 0.25) is 0 Å². The zero-order chi connectivity index (χ0) is 5.28. The Morgan fingerprint density at radius 1 is 1.00 bits per heavy atom. The molecule has 1 rings (SSSR count). The molecule has 0 saturated carbocycles. The molecule has 2 heteroatoms. The Labute approximate surface area is 60.4 Å². The van der Waals surface area contributed by atoms with Crippen LogP contribution in [0.5, 0.6) is 0 Å². The van der Waals surface area contributed by atoms with Crippen LogP contribution in [0, 0.1) is 0 Å². The van der Waals surface area contributed by atoms with E-state index in [1.807, 2.05) is 0 Å². The molecule has 0 nitrogen and oxygen atoms in total. The van der Waals surface area contributed by atoms with Gasteiger partial charge < -0.3 is 0 Å². The molecule has 2 radical (unpaired) electrons. The molecule has 1 aliphatic carbocycles. The molecular formula is C5H6Se2. The summed E-state index contributed by atoms with van der Waals surface area (Å²) >= 11 is 6.07. The third-order valence-corrected chi connectivity index (χ3v) is 3.66. The summed E-state index contributed by atoms with van der Waals surface area (Å²) in [7, 11) is 0. The first-order chi connectivity index (χ1) is 3.30. The molecule has 0 fully saturated rings. The van der Waals surface area contributed by atoms with Gasteiger partial charge in [0.15, 0.2) is 0 Å². The van der Waals surface area contributed by atoms with Gasteiger partial charge in [-0.1, -0.05) is 0 Å². The molecular weight excluding hydrogens is 218 g/mol. The van der Waals surface area contributed by atoms with E-state index in [0.29, 0.717) is 0 Å². The summed E-state index contributed by atoms with van der Waals surface area (Å²) in [6, 6.07) is 0. The van der Waals surface area contributed by atoms with E-state index in [1.54, 1.807) is 0 Å². The molecule has 0 aromatic heterocycles. The van der Waals surface area contributed by atoms with Gasteiger partial charge in [-0.3, -0.25) is 0 Å². The topological polar surface area (TPSA) is 0 Å². The molecule has 0 atom stereocenters. The van der Waals surface area contributed by atoms with Crippen LogP contribution in [0.25, 0.3) is 0 Å².